The summed E-state index contributed by atoms with van der Waals surface area (Å²) in [5, 5.41) is 1.94. The average molecular weight is 516 g/mol. The number of hydrogen-bond donors (Lipinski definition) is 0. The molecule has 0 saturated heterocycles. The minimum atomic E-state index is -0.393. The SMILES string of the molecule is O=C1c2c(n(-c3ccc(Cl)cc3)c3ccc(Sc4ccc(Cl)cc4)nc23)C(=O)N1c1ccccc1. The molecule has 0 aliphatic carbocycles. The number of para-hydroxylation sites is 1. The highest BCUT2D eigenvalue weighted by Crippen LogP contribution is 2.38. The van der Waals surface area contributed by atoms with Gasteiger partial charge in [0.2, 0.25) is 0 Å². The number of anilines is 1. The fourth-order valence-electron chi connectivity index (χ4n) is 4.21. The van der Waals surface area contributed by atoms with Crippen LogP contribution in [0.1, 0.15) is 20.8 Å². The van der Waals surface area contributed by atoms with Crippen LogP contribution in [0.3, 0.4) is 0 Å². The lowest BCUT2D eigenvalue weighted by atomic mass is 10.2. The summed E-state index contributed by atoms with van der Waals surface area (Å²) in [7, 11) is 0. The number of imide groups is 1. The Labute approximate surface area is 214 Å². The van der Waals surface area contributed by atoms with Crippen molar-refractivity contribution in [1.82, 2.24) is 9.55 Å². The lowest BCUT2D eigenvalue weighted by Crippen LogP contribution is -2.30. The van der Waals surface area contributed by atoms with Gasteiger partial charge in [0.15, 0.2) is 0 Å². The number of carbonyl (C=O) groups excluding carboxylic acids is 2. The quantitative estimate of drug-likeness (QED) is 0.236. The maximum Gasteiger partial charge on any atom is 0.283 e. The molecule has 0 saturated carbocycles. The Kier molecular flexibility index (Phi) is 5.37. The predicted molar refractivity (Wildman–Crippen MR) is 139 cm³/mol. The first-order chi connectivity index (χ1) is 17.0. The molecule has 0 unspecified atom stereocenters. The van der Waals surface area contributed by atoms with Crippen LogP contribution >= 0.6 is 35.0 Å². The van der Waals surface area contributed by atoms with E-state index in [0.29, 0.717) is 37.4 Å². The number of benzene rings is 3. The first kappa shape index (κ1) is 21.9. The third-order valence-corrected chi connectivity index (χ3v) is 7.19. The number of pyridine rings is 1. The molecule has 0 N–H and O–H groups in total. The van der Waals surface area contributed by atoms with Crippen LogP contribution < -0.4 is 4.90 Å². The molecule has 5 aromatic rings. The summed E-state index contributed by atoms with van der Waals surface area (Å²) in [6.07, 6.45) is 0. The van der Waals surface area contributed by atoms with Gasteiger partial charge < -0.3 is 4.57 Å². The minimum absolute atomic E-state index is 0.289. The normalized spacial score (nSPS) is 13.0. The van der Waals surface area contributed by atoms with E-state index in [1.54, 1.807) is 41.0 Å². The summed E-state index contributed by atoms with van der Waals surface area (Å²) in [4.78, 5) is 34.3. The van der Waals surface area contributed by atoms with E-state index in [4.69, 9.17) is 28.2 Å². The lowest BCUT2D eigenvalue weighted by molar-refractivity contribution is 0.0924. The number of aromatic nitrogens is 2. The molecule has 3 aromatic carbocycles. The number of nitrogens with zero attached hydrogens (tertiary/aromatic N) is 3. The van der Waals surface area contributed by atoms with Crippen molar-refractivity contribution in [2.75, 3.05) is 4.90 Å². The summed E-state index contributed by atoms with van der Waals surface area (Å²) >= 11 is 13.6. The Hall–Kier alpha value is -3.58. The maximum absolute atomic E-state index is 13.7. The first-order valence-corrected chi connectivity index (χ1v) is 12.3. The second-order valence-corrected chi connectivity index (χ2v) is 9.86. The van der Waals surface area contributed by atoms with Crippen LogP contribution in [-0.4, -0.2) is 21.4 Å². The number of hydrogen-bond acceptors (Lipinski definition) is 4. The Bertz CT molecular complexity index is 1620. The molecule has 0 atom stereocenters. The molecular weight excluding hydrogens is 501 g/mol. The van der Waals surface area contributed by atoms with Crippen molar-refractivity contribution < 1.29 is 9.59 Å². The molecule has 2 amide bonds. The molecule has 5 nitrogen and oxygen atoms in total. The van der Waals surface area contributed by atoms with Gasteiger partial charge in [-0.15, -0.1) is 0 Å². The van der Waals surface area contributed by atoms with Gasteiger partial charge in [-0.05, 0) is 72.8 Å². The highest BCUT2D eigenvalue weighted by Gasteiger charge is 2.43. The number of fused-ring (bicyclic) bond motifs is 3. The molecule has 6 rings (SSSR count). The summed E-state index contributed by atoms with van der Waals surface area (Å²) < 4.78 is 1.79. The fourth-order valence-corrected chi connectivity index (χ4v) is 5.25. The first-order valence-electron chi connectivity index (χ1n) is 10.7. The van der Waals surface area contributed by atoms with Crippen molar-refractivity contribution in [1.29, 1.82) is 0 Å². The molecule has 8 heteroatoms. The lowest BCUT2D eigenvalue weighted by Gasteiger charge is -2.16. The second-order valence-electron chi connectivity index (χ2n) is 7.89. The van der Waals surface area contributed by atoms with Gasteiger partial charge in [-0.3, -0.25) is 9.59 Å². The van der Waals surface area contributed by atoms with E-state index in [9.17, 15) is 9.59 Å². The number of amides is 2. The molecule has 0 bridgehead atoms. The highest BCUT2D eigenvalue weighted by atomic mass is 35.5. The summed E-state index contributed by atoms with van der Waals surface area (Å²) in [5.74, 6) is -0.786. The van der Waals surface area contributed by atoms with Crippen LogP contribution in [0, 0.1) is 0 Å². The van der Waals surface area contributed by atoms with E-state index < -0.39 is 11.8 Å². The van der Waals surface area contributed by atoms with Crippen LogP contribution in [0.4, 0.5) is 5.69 Å². The third-order valence-electron chi connectivity index (χ3n) is 5.74. The number of halogens is 2. The zero-order valence-electron chi connectivity index (χ0n) is 18.0. The summed E-state index contributed by atoms with van der Waals surface area (Å²) in [6, 6.07) is 27.3. The predicted octanol–water partition coefficient (Wildman–Crippen LogP) is 7.28. The Morgan fingerprint density at radius 1 is 0.686 bits per heavy atom. The van der Waals surface area contributed by atoms with Crippen molar-refractivity contribution in [3.63, 3.8) is 0 Å². The van der Waals surface area contributed by atoms with Crippen LogP contribution in [0.25, 0.3) is 16.7 Å². The third kappa shape index (κ3) is 3.71. The molecule has 1 aliphatic heterocycles. The van der Waals surface area contributed by atoms with Crippen LogP contribution in [0.15, 0.2) is 101 Å². The molecule has 1 aliphatic rings. The maximum atomic E-state index is 13.7. The second kappa shape index (κ2) is 8.57. The molecule has 0 radical (unpaired) electrons. The summed E-state index contributed by atoms with van der Waals surface area (Å²) in [6.45, 7) is 0. The van der Waals surface area contributed by atoms with Crippen LogP contribution in [0.5, 0.6) is 0 Å². The average Bonchev–Trinajstić information content (AvgIpc) is 3.34. The smallest absolute Gasteiger partial charge is 0.283 e. The van der Waals surface area contributed by atoms with Crippen molar-refractivity contribution in [3.05, 3.63) is 112 Å². The van der Waals surface area contributed by atoms with Gasteiger partial charge in [0.25, 0.3) is 11.8 Å². The molecule has 170 valence electrons. The minimum Gasteiger partial charge on any atom is -0.303 e. The Morgan fingerprint density at radius 3 is 2.03 bits per heavy atom. The van der Waals surface area contributed by atoms with Gasteiger partial charge in [-0.2, -0.15) is 0 Å². The largest absolute Gasteiger partial charge is 0.303 e. The topological polar surface area (TPSA) is 55.2 Å². The van der Waals surface area contributed by atoms with E-state index in [1.165, 1.54) is 16.7 Å². The molecule has 2 aromatic heterocycles. The van der Waals surface area contributed by atoms with E-state index >= 15 is 0 Å². The van der Waals surface area contributed by atoms with Crippen molar-refractivity contribution in [2.24, 2.45) is 0 Å². The van der Waals surface area contributed by atoms with Crippen molar-refractivity contribution in [2.45, 2.75) is 9.92 Å². The van der Waals surface area contributed by atoms with E-state index in [-0.39, 0.29) is 5.69 Å². The van der Waals surface area contributed by atoms with Gasteiger partial charge in [0.05, 0.1) is 16.8 Å². The molecule has 0 fully saturated rings. The monoisotopic (exact) mass is 515 g/mol. The van der Waals surface area contributed by atoms with Crippen LogP contribution in [-0.2, 0) is 0 Å². The van der Waals surface area contributed by atoms with Gasteiger partial charge in [-0.25, -0.2) is 9.88 Å². The number of carbonyl (C=O) groups is 2. The zero-order chi connectivity index (χ0) is 24.1. The van der Waals surface area contributed by atoms with Gasteiger partial charge in [0, 0.05) is 20.6 Å². The van der Waals surface area contributed by atoms with Gasteiger partial charge in [0.1, 0.15) is 16.2 Å². The molecular formula is C27H15Cl2N3O2S. The van der Waals surface area contributed by atoms with Gasteiger partial charge >= 0.3 is 0 Å². The zero-order valence-corrected chi connectivity index (χ0v) is 20.3. The van der Waals surface area contributed by atoms with E-state index in [0.717, 1.165) is 10.6 Å². The van der Waals surface area contributed by atoms with Gasteiger partial charge in [-0.1, -0.05) is 53.2 Å². The molecule has 35 heavy (non-hydrogen) atoms. The summed E-state index contributed by atoms with van der Waals surface area (Å²) in [5.41, 5.74) is 2.97. The highest BCUT2D eigenvalue weighted by molar-refractivity contribution is 7.99. The van der Waals surface area contributed by atoms with Crippen LogP contribution in [0.2, 0.25) is 10.0 Å². The standard InChI is InChI=1S/C27H15Cl2N3O2S/c28-16-6-10-19(11-7-16)31-21-14-15-22(35-20-12-8-17(29)9-13-20)30-24(21)23-25(31)27(34)32(26(23)33)18-4-2-1-3-5-18/h1-15H. The molecule has 3 heterocycles. The number of rotatable bonds is 4. The van der Waals surface area contributed by atoms with E-state index in [2.05, 4.69) is 0 Å². The Morgan fingerprint density at radius 2 is 1.34 bits per heavy atom. The van der Waals surface area contributed by atoms with E-state index in [1.807, 2.05) is 54.6 Å². The Balaban J connectivity index is 1.55. The fraction of sp³-hybridized carbons (Fsp3) is 0. The molecule has 0 spiro atoms. The van der Waals surface area contributed by atoms with Crippen molar-refractivity contribution >= 4 is 63.5 Å². The van der Waals surface area contributed by atoms with Crippen molar-refractivity contribution in [3.8, 4) is 5.69 Å².